The van der Waals surface area contributed by atoms with Gasteiger partial charge in [0.15, 0.2) is 0 Å². The predicted molar refractivity (Wildman–Crippen MR) is 105 cm³/mol. The number of piperidine rings is 1. The molecule has 1 saturated heterocycles. The molecule has 0 saturated carbocycles. The number of pyridine rings is 1. The zero-order valence-electron chi connectivity index (χ0n) is 14.9. The van der Waals surface area contributed by atoms with E-state index in [4.69, 9.17) is 21.4 Å². The molecular weight excluding hydrogens is 383 g/mol. The molecule has 5 nitrogen and oxygen atoms in total. The van der Waals surface area contributed by atoms with Gasteiger partial charge < -0.3 is 14.7 Å². The molecule has 1 N–H and O–H groups in total. The van der Waals surface area contributed by atoms with E-state index in [9.17, 15) is 9.18 Å². The quantitative estimate of drug-likeness (QED) is 0.612. The Bertz CT molecular complexity index is 1020. The van der Waals surface area contributed by atoms with E-state index in [1.807, 2.05) is 12.1 Å². The van der Waals surface area contributed by atoms with Crippen molar-refractivity contribution in [2.75, 3.05) is 13.1 Å². The number of nitrogens with zero attached hydrogens (tertiary/aromatic N) is 2. The molecule has 1 fully saturated rings. The lowest BCUT2D eigenvalue weighted by atomic mass is 9.98. The summed E-state index contributed by atoms with van der Waals surface area (Å²) < 4.78 is 19.7. The number of fused-ring (bicyclic) bond motifs is 1. The lowest BCUT2D eigenvalue weighted by Gasteiger charge is -2.31. The Morgan fingerprint density at radius 3 is 2.57 bits per heavy atom. The minimum absolute atomic E-state index is 0.0930. The fourth-order valence-electron chi connectivity index (χ4n) is 3.53. The molecule has 4 rings (SSSR count). The molecule has 0 radical (unpaired) electrons. The van der Waals surface area contributed by atoms with E-state index in [0.717, 1.165) is 21.9 Å². The van der Waals surface area contributed by atoms with Gasteiger partial charge in [-0.1, -0.05) is 23.7 Å². The van der Waals surface area contributed by atoms with Crippen LogP contribution in [0.15, 0.2) is 48.7 Å². The average Bonchev–Trinajstić information content (AvgIpc) is 2.69. The van der Waals surface area contributed by atoms with Gasteiger partial charge in [-0.15, -0.1) is 0 Å². The third-order valence-corrected chi connectivity index (χ3v) is 5.18. The molecule has 0 bridgehead atoms. The zero-order chi connectivity index (χ0) is 19.7. The molecular formula is C21H18ClFN2O3. The second-order valence-electron chi connectivity index (χ2n) is 6.76. The predicted octanol–water partition coefficient (Wildman–Crippen LogP) is 5.22. The number of likely N-dealkylation sites (tertiary alicyclic amines) is 1. The molecule has 2 aromatic carbocycles. The number of rotatable bonds is 3. The van der Waals surface area contributed by atoms with E-state index >= 15 is 0 Å². The molecule has 0 unspecified atom stereocenters. The molecule has 144 valence electrons. The molecule has 7 heteroatoms. The first kappa shape index (κ1) is 18.5. The van der Waals surface area contributed by atoms with Crippen molar-refractivity contribution in [2.45, 2.75) is 18.9 Å². The molecule has 1 aliphatic rings. The summed E-state index contributed by atoms with van der Waals surface area (Å²) in [6.45, 7) is 0.879. The van der Waals surface area contributed by atoms with Crippen molar-refractivity contribution in [2.24, 2.45) is 0 Å². The van der Waals surface area contributed by atoms with Gasteiger partial charge in [0.25, 0.3) is 0 Å². The fraction of sp³-hybridized carbons (Fsp3) is 0.238. The van der Waals surface area contributed by atoms with Crippen molar-refractivity contribution in [3.63, 3.8) is 0 Å². The van der Waals surface area contributed by atoms with Crippen molar-refractivity contribution in [3.8, 4) is 16.9 Å². The molecule has 28 heavy (non-hydrogen) atoms. The molecule has 1 aliphatic heterocycles. The largest absolute Gasteiger partial charge is 0.490 e. The SMILES string of the molecule is O=C(O)N1CCC(Oc2ccc3cnc(Cl)cc3c2-c2ccc(F)cc2)CC1. The number of hydrogen-bond acceptors (Lipinski definition) is 3. The Morgan fingerprint density at radius 1 is 1.18 bits per heavy atom. The van der Waals surface area contributed by atoms with Crippen LogP contribution in [0.3, 0.4) is 0 Å². The van der Waals surface area contributed by atoms with Gasteiger partial charge in [-0.2, -0.15) is 0 Å². The normalized spacial score (nSPS) is 15.0. The fourth-order valence-corrected chi connectivity index (χ4v) is 3.69. The number of aromatic nitrogens is 1. The van der Waals surface area contributed by atoms with Gasteiger partial charge in [0.2, 0.25) is 0 Å². The van der Waals surface area contributed by atoms with Crippen molar-refractivity contribution in [3.05, 3.63) is 59.6 Å². The van der Waals surface area contributed by atoms with Crippen molar-refractivity contribution in [1.82, 2.24) is 9.88 Å². The van der Waals surface area contributed by atoms with Crippen LogP contribution in [-0.2, 0) is 0 Å². The maximum Gasteiger partial charge on any atom is 0.407 e. The maximum absolute atomic E-state index is 13.4. The standard InChI is InChI=1S/C21H18ClFN2O3/c22-19-11-17-14(12-24-19)3-6-18(20(17)13-1-4-15(23)5-2-13)28-16-7-9-25(10-8-16)21(26)27/h1-6,11-12,16H,7-10H2,(H,26,27). The van der Waals surface area contributed by atoms with E-state index in [0.29, 0.717) is 36.8 Å². The van der Waals surface area contributed by atoms with Gasteiger partial charge in [-0.25, -0.2) is 14.2 Å². The Hall–Kier alpha value is -2.86. The van der Waals surface area contributed by atoms with Gasteiger partial charge >= 0.3 is 6.09 Å². The topological polar surface area (TPSA) is 62.7 Å². The Balaban J connectivity index is 1.72. The first-order valence-electron chi connectivity index (χ1n) is 9.00. The second-order valence-corrected chi connectivity index (χ2v) is 7.15. The number of benzene rings is 2. The molecule has 0 spiro atoms. The number of ether oxygens (including phenoxy) is 1. The highest BCUT2D eigenvalue weighted by Crippen LogP contribution is 2.39. The number of halogens is 2. The van der Waals surface area contributed by atoms with Crippen LogP contribution in [0.1, 0.15) is 12.8 Å². The third-order valence-electron chi connectivity index (χ3n) is 4.97. The van der Waals surface area contributed by atoms with E-state index < -0.39 is 6.09 Å². The number of carboxylic acid groups (broad SMARTS) is 1. The van der Waals surface area contributed by atoms with Crippen LogP contribution < -0.4 is 4.74 Å². The molecule has 1 aromatic heterocycles. The van der Waals surface area contributed by atoms with E-state index in [1.54, 1.807) is 24.4 Å². The summed E-state index contributed by atoms with van der Waals surface area (Å²) in [4.78, 5) is 16.6. The van der Waals surface area contributed by atoms with Crippen LogP contribution in [0.4, 0.5) is 9.18 Å². The van der Waals surface area contributed by atoms with Gasteiger partial charge in [0, 0.05) is 43.1 Å². The lowest BCUT2D eigenvalue weighted by Crippen LogP contribution is -2.41. The van der Waals surface area contributed by atoms with Crippen LogP contribution >= 0.6 is 11.6 Å². The van der Waals surface area contributed by atoms with Crippen molar-refractivity contribution < 1.29 is 19.0 Å². The molecule has 2 heterocycles. The van der Waals surface area contributed by atoms with Crippen molar-refractivity contribution in [1.29, 1.82) is 0 Å². The average molecular weight is 401 g/mol. The highest BCUT2D eigenvalue weighted by atomic mass is 35.5. The number of hydrogen-bond donors (Lipinski definition) is 1. The van der Waals surface area contributed by atoms with Crippen molar-refractivity contribution >= 4 is 28.5 Å². The van der Waals surface area contributed by atoms with Crippen LogP contribution in [0, 0.1) is 5.82 Å². The van der Waals surface area contributed by atoms with Gasteiger partial charge in [0.05, 0.1) is 0 Å². The zero-order valence-corrected chi connectivity index (χ0v) is 15.7. The highest BCUT2D eigenvalue weighted by Gasteiger charge is 2.24. The third kappa shape index (κ3) is 3.73. The maximum atomic E-state index is 13.4. The Kier molecular flexibility index (Phi) is 5.05. The number of carbonyl (C=O) groups is 1. The van der Waals surface area contributed by atoms with E-state index in [2.05, 4.69) is 4.98 Å². The van der Waals surface area contributed by atoms with E-state index in [1.165, 1.54) is 17.0 Å². The first-order chi connectivity index (χ1) is 13.5. The Morgan fingerprint density at radius 2 is 1.89 bits per heavy atom. The summed E-state index contributed by atoms with van der Waals surface area (Å²) in [5, 5.41) is 11.2. The summed E-state index contributed by atoms with van der Waals surface area (Å²) in [5.41, 5.74) is 1.63. The summed E-state index contributed by atoms with van der Waals surface area (Å²) in [6, 6.07) is 11.8. The van der Waals surface area contributed by atoms with Gasteiger partial charge in [0.1, 0.15) is 22.8 Å². The highest BCUT2D eigenvalue weighted by molar-refractivity contribution is 6.30. The monoisotopic (exact) mass is 400 g/mol. The number of amides is 1. The molecule has 0 atom stereocenters. The minimum atomic E-state index is -0.904. The first-order valence-corrected chi connectivity index (χ1v) is 9.38. The van der Waals surface area contributed by atoms with Crippen LogP contribution in [0.2, 0.25) is 5.15 Å². The molecule has 3 aromatic rings. The molecule has 0 aliphatic carbocycles. The van der Waals surface area contributed by atoms with E-state index in [-0.39, 0.29) is 11.9 Å². The minimum Gasteiger partial charge on any atom is -0.490 e. The lowest BCUT2D eigenvalue weighted by molar-refractivity contribution is 0.0898. The van der Waals surface area contributed by atoms with Crippen LogP contribution in [-0.4, -0.2) is 40.3 Å². The summed E-state index contributed by atoms with van der Waals surface area (Å²) in [7, 11) is 0. The summed E-state index contributed by atoms with van der Waals surface area (Å²) in [6.07, 6.45) is 1.93. The summed E-state index contributed by atoms with van der Waals surface area (Å²) in [5.74, 6) is 0.349. The van der Waals surface area contributed by atoms with Gasteiger partial charge in [-0.05, 0) is 41.3 Å². The Labute approximate surface area is 166 Å². The second kappa shape index (κ2) is 7.64. The van der Waals surface area contributed by atoms with Crippen LogP contribution in [0.5, 0.6) is 5.75 Å². The smallest absolute Gasteiger partial charge is 0.407 e. The van der Waals surface area contributed by atoms with Gasteiger partial charge in [-0.3, -0.25) is 0 Å². The van der Waals surface area contributed by atoms with Crippen LogP contribution in [0.25, 0.3) is 21.9 Å². The summed E-state index contributed by atoms with van der Waals surface area (Å²) >= 11 is 6.12. The molecule has 1 amide bonds.